The van der Waals surface area contributed by atoms with Gasteiger partial charge in [-0.3, -0.25) is 14.4 Å². The van der Waals surface area contributed by atoms with Crippen LogP contribution in [-0.4, -0.2) is 57.7 Å². The predicted octanol–water partition coefficient (Wildman–Crippen LogP) is 1.13. The van der Waals surface area contributed by atoms with E-state index in [1.165, 1.54) is 19.4 Å². The van der Waals surface area contributed by atoms with Gasteiger partial charge in [-0.25, -0.2) is 0 Å². The molecule has 1 atom stereocenters. The number of carbonyl (C=O) groups is 1. The Morgan fingerprint density at radius 2 is 2.26 bits per heavy atom. The van der Waals surface area contributed by atoms with Crippen LogP contribution < -0.4 is 0 Å². The van der Waals surface area contributed by atoms with Gasteiger partial charge in [-0.15, -0.1) is 0 Å². The van der Waals surface area contributed by atoms with Crippen LogP contribution in [-0.2, 0) is 6.54 Å². The lowest BCUT2D eigenvalue weighted by atomic mass is 10.1. The highest BCUT2D eigenvalue weighted by molar-refractivity contribution is 5.95. The molecule has 2 aliphatic rings. The first kappa shape index (κ1) is 12.7. The molecule has 0 radical (unpaired) electrons. The lowest BCUT2D eigenvalue weighted by molar-refractivity contribution is 0.0570. The van der Waals surface area contributed by atoms with Crippen molar-refractivity contribution in [2.24, 2.45) is 0 Å². The maximum atomic E-state index is 12.6. The Kier molecular flexibility index (Phi) is 3.31. The summed E-state index contributed by atoms with van der Waals surface area (Å²) in [5, 5.41) is 4.37. The highest BCUT2D eigenvalue weighted by Crippen LogP contribution is 2.23. The Labute approximate surface area is 114 Å². The molecule has 2 aliphatic heterocycles. The highest BCUT2D eigenvalue weighted by atomic mass is 16.2. The lowest BCUT2D eigenvalue weighted by Crippen LogP contribution is -2.52. The van der Waals surface area contributed by atoms with Gasteiger partial charge in [-0.05, 0) is 33.2 Å². The van der Waals surface area contributed by atoms with Gasteiger partial charge in [0.15, 0.2) is 0 Å². The fourth-order valence-electron chi connectivity index (χ4n) is 3.24. The summed E-state index contributed by atoms with van der Waals surface area (Å²) in [6.45, 7) is 8.74. The van der Waals surface area contributed by atoms with Crippen molar-refractivity contribution < 1.29 is 4.79 Å². The molecule has 0 N–H and O–H groups in total. The molecule has 0 saturated carbocycles. The number of nitrogens with zero attached hydrogens (tertiary/aromatic N) is 4. The van der Waals surface area contributed by atoms with Crippen LogP contribution in [0.1, 0.15) is 35.8 Å². The number of rotatable bonds is 2. The average Bonchev–Trinajstić information content (AvgIpc) is 3.02. The number of hydrogen-bond acceptors (Lipinski definition) is 3. The molecule has 1 aromatic rings. The summed E-state index contributed by atoms with van der Waals surface area (Å²) >= 11 is 0. The third-order valence-corrected chi connectivity index (χ3v) is 4.38. The molecule has 0 unspecified atom stereocenters. The van der Waals surface area contributed by atoms with Crippen molar-refractivity contribution in [3.63, 3.8) is 0 Å². The Bertz CT molecular complexity index is 482. The number of amides is 1. The van der Waals surface area contributed by atoms with Gasteiger partial charge in [-0.2, -0.15) is 5.10 Å². The Hall–Kier alpha value is -1.36. The maximum absolute atomic E-state index is 12.6. The fraction of sp³-hybridized carbons (Fsp3) is 0.714. The topological polar surface area (TPSA) is 41.4 Å². The second-order valence-electron chi connectivity index (χ2n) is 5.57. The van der Waals surface area contributed by atoms with E-state index in [9.17, 15) is 4.79 Å². The number of hydrogen-bond donors (Lipinski definition) is 0. The number of carbonyl (C=O) groups excluding carboxylic acids is 1. The first-order valence-electron chi connectivity index (χ1n) is 7.26. The zero-order chi connectivity index (χ0) is 13.4. The second-order valence-corrected chi connectivity index (χ2v) is 5.57. The first-order valence-corrected chi connectivity index (χ1v) is 7.26. The summed E-state index contributed by atoms with van der Waals surface area (Å²) in [6.07, 6.45) is 4.40. The van der Waals surface area contributed by atoms with E-state index >= 15 is 0 Å². The zero-order valence-electron chi connectivity index (χ0n) is 11.8. The van der Waals surface area contributed by atoms with Crippen molar-refractivity contribution in [2.75, 3.05) is 26.2 Å². The van der Waals surface area contributed by atoms with Crippen molar-refractivity contribution in [3.05, 3.63) is 17.5 Å². The molecule has 1 amide bonds. The molecule has 0 bridgehead atoms. The van der Waals surface area contributed by atoms with Gasteiger partial charge in [0, 0.05) is 38.4 Å². The van der Waals surface area contributed by atoms with E-state index in [0.29, 0.717) is 6.04 Å². The third-order valence-electron chi connectivity index (χ3n) is 4.38. The molecule has 0 aliphatic carbocycles. The average molecular weight is 262 g/mol. The van der Waals surface area contributed by atoms with Crippen molar-refractivity contribution in [2.45, 2.75) is 39.3 Å². The normalized spacial score (nSPS) is 23.7. The molecule has 2 saturated heterocycles. The number of fused-ring (bicyclic) bond motifs is 1. The molecule has 19 heavy (non-hydrogen) atoms. The van der Waals surface area contributed by atoms with Gasteiger partial charge < -0.3 is 4.90 Å². The van der Waals surface area contributed by atoms with E-state index in [4.69, 9.17) is 0 Å². The summed E-state index contributed by atoms with van der Waals surface area (Å²) in [5.41, 5.74) is 1.62. The van der Waals surface area contributed by atoms with Gasteiger partial charge in [0.05, 0.1) is 11.3 Å². The molecule has 104 valence electrons. The minimum Gasteiger partial charge on any atom is -0.336 e. The quantitative estimate of drug-likeness (QED) is 0.802. The van der Waals surface area contributed by atoms with Gasteiger partial charge >= 0.3 is 0 Å². The van der Waals surface area contributed by atoms with Crippen LogP contribution in [0.25, 0.3) is 0 Å². The minimum absolute atomic E-state index is 0.156. The molecular formula is C14H22N4O. The van der Waals surface area contributed by atoms with Gasteiger partial charge in [0.25, 0.3) is 5.91 Å². The molecule has 3 rings (SSSR count). The van der Waals surface area contributed by atoms with E-state index in [-0.39, 0.29) is 5.91 Å². The molecule has 3 heterocycles. The van der Waals surface area contributed by atoms with Crippen molar-refractivity contribution in [1.82, 2.24) is 19.6 Å². The molecule has 0 spiro atoms. The Morgan fingerprint density at radius 1 is 1.42 bits per heavy atom. The maximum Gasteiger partial charge on any atom is 0.257 e. The Balaban J connectivity index is 1.74. The predicted molar refractivity (Wildman–Crippen MR) is 73.1 cm³/mol. The molecule has 2 fully saturated rings. The van der Waals surface area contributed by atoms with Crippen LogP contribution in [0.4, 0.5) is 0 Å². The van der Waals surface area contributed by atoms with Gasteiger partial charge in [0.2, 0.25) is 0 Å². The SMILES string of the molecule is CCn1cc(C(=O)N2CCN3CCC[C@@H]3C2)c(C)n1. The fourth-order valence-corrected chi connectivity index (χ4v) is 3.24. The van der Waals surface area contributed by atoms with Crippen molar-refractivity contribution >= 4 is 5.91 Å². The molecule has 0 aromatic carbocycles. The van der Waals surface area contributed by atoms with Crippen molar-refractivity contribution in [1.29, 1.82) is 0 Å². The highest BCUT2D eigenvalue weighted by Gasteiger charge is 2.33. The summed E-state index contributed by atoms with van der Waals surface area (Å²) in [6, 6.07) is 0.583. The van der Waals surface area contributed by atoms with Crippen LogP contribution >= 0.6 is 0 Å². The van der Waals surface area contributed by atoms with Crippen LogP contribution in [0, 0.1) is 6.92 Å². The zero-order valence-corrected chi connectivity index (χ0v) is 11.8. The number of aromatic nitrogens is 2. The van der Waals surface area contributed by atoms with E-state index in [1.807, 2.05) is 29.6 Å². The Morgan fingerprint density at radius 3 is 3.00 bits per heavy atom. The standard InChI is InChI=1S/C14H22N4O/c1-3-18-10-13(11(2)15-18)14(19)17-8-7-16-6-4-5-12(16)9-17/h10,12H,3-9H2,1-2H3/t12-/m1/s1. The number of aryl methyl sites for hydroxylation is 2. The van der Waals surface area contributed by atoms with Crippen LogP contribution in [0.5, 0.6) is 0 Å². The number of piperazine rings is 1. The smallest absolute Gasteiger partial charge is 0.257 e. The summed E-state index contributed by atoms with van der Waals surface area (Å²) < 4.78 is 1.84. The molecule has 5 heteroatoms. The van der Waals surface area contributed by atoms with E-state index < -0.39 is 0 Å². The van der Waals surface area contributed by atoms with Crippen LogP contribution in [0.3, 0.4) is 0 Å². The van der Waals surface area contributed by atoms with Crippen LogP contribution in [0.15, 0.2) is 6.20 Å². The summed E-state index contributed by atoms with van der Waals surface area (Å²) in [4.78, 5) is 17.1. The summed E-state index contributed by atoms with van der Waals surface area (Å²) in [5.74, 6) is 0.156. The monoisotopic (exact) mass is 262 g/mol. The molecule has 5 nitrogen and oxygen atoms in total. The largest absolute Gasteiger partial charge is 0.336 e. The molecule has 1 aromatic heterocycles. The summed E-state index contributed by atoms with van der Waals surface area (Å²) in [7, 11) is 0. The van der Waals surface area contributed by atoms with E-state index in [1.54, 1.807) is 0 Å². The van der Waals surface area contributed by atoms with Gasteiger partial charge in [-0.1, -0.05) is 0 Å². The van der Waals surface area contributed by atoms with E-state index in [2.05, 4.69) is 10.00 Å². The lowest BCUT2D eigenvalue weighted by Gasteiger charge is -2.37. The van der Waals surface area contributed by atoms with E-state index in [0.717, 1.165) is 37.4 Å². The van der Waals surface area contributed by atoms with Crippen LogP contribution in [0.2, 0.25) is 0 Å². The van der Waals surface area contributed by atoms with Crippen molar-refractivity contribution in [3.8, 4) is 0 Å². The minimum atomic E-state index is 0.156. The second kappa shape index (κ2) is 4.96. The first-order chi connectivity index (χ1) is 9.19. The van der Waals surface area contributed by atoms with Gasteiger partial charge in [0.1, 0.15) is 0 Å². The molecular weight excluding hydrogens is 240 g/mol. The third kappa shape index (κ3) is 2.27.